The predicted octanol–water partition coefficient (Wildman–Crippen LogP) is 0.911. The number of carbonyl (C=O) groups excluding carboxylic acids is 1. The summed E-state index contributed by atoms with van der Waals surface area (Å²) in [5.74, 6) is -2.34. The molecule has 10 heteroatoms. The lowest BCUT2D eigenvalue weighted by Gasteiger charge is -2.08. The highest BCUT2D eigenvalue weighted by atomic mass is 32.2. The van der Waals surface area contributed by atoms with Crippen LogP contribution in [-0.4, -0.2) is 25.8 Å². The fraction of sp³-hybridized carbons (Fsp3) is 0.364. The first-order chi connectivity index (χ1) is 9.68. The van der Waals surface area contributed by atoms with Gasteiger partial charge in [0.05, 0.1) is 10.5 Å². The van der Waals surface area contributed by atoms with E-state index >= 15 is 0 Å². The smallest absolute Gasteiger partial charge is 0.271 e. The quantitative estimate of drug-likeness (QED) is 0.457. The van der Waals surface area contributed by atoms with Gasteiger partial charge in [-0.25, -0.2) is 17.9 Å². The number of hydrogen-bond acceptors (Lipinski definition) is 5. The van der Waals surface area contributed by atoms with Crippen molar-refractivity contribution in [1.29, 1.82) is 0 Å². The minimum absolute atomic E-state index is 0.238. The van der Waals surface area contributed by atoms with E-state index in [1.54, 1.807) is 0 Å². The van der Waals surface area contributed by atoms with Gasteiger partial charge in [0, 0.05) is 18.7 Å². The Labute approximate surface area is 120 Å². The largest absolute Gasteiger partial charge is 0.352 e. The van der Waals surface area contributed by atoms with Crippen LogP contribution >= 0.6 is 0 Å². The van der Waals surface area contributed by atoms with Gasteiger partial charge >= 0.3 is 0 Å². The minimum Gasteiger partial charge on any atom is -0.352 e. The minimum atomic E-state index is -4.53. The van der Waals surface area contributed by atoms with Gasteiger partial charge in [-0.05, 0) is 6.42 Å². The first-order valence-electron chi connectivity index (χ1n) is 5.97. The molecule has 0 unspecified atom stereocenters. The zero-order valence-corrected chi connectivity index (χ0v) is 11.9. The van der Waals surface area contributed by atoms with E-state index in [9.17, 15) is 27.7 Å². The Morgan fingerprint density at radius 1 is 1.48 bits per heavy atom. The van der Waals surface area contributed by atoms with E-state index in [1.165, 1.54) is 0 Å². The normalized spacial score (nSPS) is 11.2. The number of nitrogens with zero attached hydrogens (tertiary/aromatic N) is 1. The summed E-state index contributed by atoms with van der Waals surface area (Å²) in [4.78, 5) is 20.5. The molecule has 0 spiro atoms. The fourth-order valence-corrected chi connectivity index (χ4v) is 2.18. The maximum Gasteiger partial charge on any atom is 0.271 e. The molecule has 0 saturated carbocycles. The van der Waals surface area contributed by atoms with Crippen LogP contribution < -0.4 is 10.5 Å². The van der Waals surface area contributed by atoms with Crippen molar-refractivity contribution in [2.45, 2.75) is 24.7 Å². The summed E-state index contributed by atoms with van der Waals surface area (Å²) >= 11 is 0. The van der Waals surface area contributed by atoms with Crippen molar-refractivity contribution in [2.75, 3.05) is 6.54 Å². The lowest BCUT2D eigenvalue weighted by molar-refractivity contribution is -0.385. The van der Waals surface area contributed by atoms with Gasteiger partial charge in [0.1, 0.15) is 4.90 Å². The average molecular weight is 319 g/mol. The van der Waals surface area contributed by atoms with Gasteiger partial charge in [-0.1, -0.05) is 13.3 Å². The van der Waals surface area contributed by atoms with Gasteiger partial charge in [0.25, 0.3) is 11.6 Å². The fourth-order valence-electron chi connectivity index (χ4n) is 1.53. The number of carbonyl (C=O) groups is 1. The molecule has 1 aromatic carbocycles. The molecule has 1 aromatic rings. The lowest BCUT2D eigenvalue weighted by Crippen LogP contribution is -2.26. The molecule has 8 nitrogen and oxygen atoms in total. The molecule has 0 bridgehead atoms. The summed E-state index contributed by atoms with van der Waals surface area (Å²) in [5, 5.41) is 17.9. The highest BCUT2D eigenvalue weighted by Gasteiger charge is 2.26. The number of non-ortho nitro benzene ring substituents is 1. The van der Waals surface area contributed by atoms with Crippen LogP contribution in [0.2, 0.25) is 0 Å². The second-order valence-corrected chi connectivity index (χ2v) is 5.75. The van der Waals surface area contributed by atoms with Gasteiger partial charge in [0.15, 0.2) is 5.82 Å². The predicted molar refractivity (Wildman–Crippen MR) is 71.7 cm³/mol. The number of nitrogens with two attached hydrogens (primary N) is 1. The van der Waals surface area contributed by atoms with Gasteiger partial charge in [-0.2, -0.15) is 0 Å². The number of hydrogen-bond donors (Lipinski definition) is 2. The van der Waals surface area contributed by atoms with Gasteiger partial charge < -0.3 is 5.32 Å². The summed E-state index contributed by atoms with van der Waals surface area (Å²) in [6.45, 7) is 2.11. The number of nitro groups is 1. The third-order valence-electron chi connectivity index (χ3n) is 2.60. The van der Waals surface area contributed by atoms with E-state index in [0.717, 1.165) is 6.42 Å². The van der Waals surface area contributed by atoms with Crippen molar-refractivity contribution in [2.24, 2.45) is 5.14 Å². The maximum absolute atomic E-state index is 14.0. The van der Waals surface area contributed by atoms with E-state index < -0.39 is 42.8 Å². The SMILES string of the molecule is CCCCNC(=O)c1cc([N+](=O)[O-])cc(S(N)(=O)=O)c1F. The van der Waals surface area contributed by atoms with Crippen molar-refractivity contribution in [3.8, 4) is 0 Å². The van der Waals surface area contributed by atoms with Gasteiger partial charge in [-0.15, -0.1) is 0 Å². The maximum atomic E-state index is 14.0. The second-order valence-electron chi connectivity index (χ2n) is 4.22. The Morgan fingerprint density at radius 3 is 2.57 bits per heavy atom. The lowest BCUT2D eigenvalue weighted by atomic mass is 10.1. The van der Waals surface area contributed by atoms with Crippen LogP contribution in [0.4, 0.5) is 10.1 Å². The molecule has 0 aromatic heterocycles. The molecule has 1 rings (SSSR count). The molecule has 0 heterocycles. The number of benzene rings is 1. The first kappa shape index (κ1) is 17.0. The average Bonchev–Trinajstić information content (AvgIpc) is 2.37. The summed E-state index contributed by atoms with van der Waals surface area (Å²) in [7, 11) is -4.53. The number of unbranched alkanes of at least 4 members (excludes halogenated alkanes) is 1. The van der Waals surface area contributed by atoms with E-state index in [4.69, 9.17) is 5.14 Å². The van der Waals surface area contributed by atoms with E-state index in [-0.39, 0.29) is 6.54 Å². The van der Waals surface area contributed by atoms with E-state index in [0.29, 0.717) is 18.6 Å². The molecule has 116 valence electrons. The highest BCUT2D eigenvalue weighted by molar-refractivity contribution is 7.89. The third kappa shape index (κ3) is 4.20. The Hall–Kier alpha value is -2.07. The molecule has 0 atom stereocenters. The molecule has 21 heavy (non-hydrogen) atoms. The topological polar surface area (TPSA) is 132 Å². The number of nitro benzene ring substituents is 1. The summed E-state index contributed by atoms with van der Waals surface area (Å²) in [6, 6.07) is 1.15. The Bertz CT molecular complexity index is 675. The molecule has 0 aliphatic rings. The van der Waals surface area contributed by atoms with Crippen LogP contribution in [0, 0.1) is 15.9 Å². The Balaban J connectivity index is 3.34. The Kier molecular flexibility index (Phi) is 5.33. The van der Waals surface area contributed by atoms with E-state index in [1.807, 2.05) is 6.92 Å². The van der Waals surface area contributed by atoms with E-state index in [2.05, 4.69) is 5.32 Å². The number of nitrogens with one attached hydrogen (secondary N) is 1. The first-order valence-corrected chi connectivity index (χ1v) is 7.52. The monoisotopic (exact) mass is 319 g/mol. The van der Waals surface area contributed by atoms with Crippen molar-refractivity contribution < 1.29 is 22.5 Å². The number of rotatable bonds is 6. The number of halogens is 1. The molecule has 0 aliphatic heterocycles. The van der Waals surface area contributed by atoms with Crippen molar-refractivity contribution >= 4 is 21.6 Å². The van der Waals surface area contributed by atoms with Crippen LogP contribution in [0.5, 0.6) is 0 Å². The molecule has 0 radical (unpaired) electrons. The summed E-state index contributed by atoms with van der Waals surface area (Å²) in [5.41, 5.74) is -1.47. The third-order valence-corrected chi connectivity index (χ3v) is 3.51. The zero-order chi connectivity index (χ0) is 16.2. The number of sulfonamides is 1. The van der Waals surface area contributed by atoms with Crippen LogP contribution in [0.1, 0.15) is 30.1 Å². The van der Waals surface area contributed by atoms with Crippen LogP contribution in [0.25, 0.3) is 0 Å². The van der Waals surface area contributed by atoms with Gasteiger partial charge in [-0.3, -0.25) is 14.9 Å². The molecule has 0 fully saturated rings. The molecule has 1 amide bonds. The number of primary sulfonamides is 1. The molecule has 3 N–H and O–H groups in total. The second kappa shape index (κ2) is 6.59. The van der Waals surface area contributed by atoms with Crippen LogP contribution in [0.15, 0.2) is 17.0 Å². The Morgan fingerprint density at radius 2 is 2.10 bits per heavy atom. The van der Waals surface area contributed by atoms with Crippen LogP contribution in [0.3, 0.4) is 0 Å². The highest BCUT2D eigenvalue weighted by Crippen LogP contribution is 2.24. The van der Waals surface area contributed by atoms with Crippen LogP contribution in [-0.2, 0) is 10.0 Å². The molecule has 0 aliphatic carbocycles. The van der Waals surface area contributed by atoms with Crippen molar-refractivity contribution in [1.82, 2.24) is 5.32 Å². The molecular weight excluding hydrogens is 305 g/mol. The summed E-state index contributed by atoms with van der Waals surface area (Å²) < 4.78 is 36.5. The van der Waals surface area contributed by atoms with Crippen molar-refractivity contribution in [3.05, 3.63) is 33.6 Å². The van der Waals surface area contributed by atoms with Crippen molar-refractivity contribution in [3.63, 3.8) is 0 Å². The van der Waals surface area contributed by atoms with Gasteiger partial charge in [0.2, 0.25) is 10.0 Å². The molecular formula is C11H14FN3O5S. The standard InChI is InChI=1S/C11H14FN3O5S/c1-2-3-4-14-11(16)8-5-7(15(17)18)6-9(10(8)12)21(13,19)20/h5-6H,2-4H2,1H3,(H,14,16)(H2,13,19,20). The zero-order valence-electron chi connectivity index (χ0n) is 11.1. The number of amides is 1. The summed E-state index contributed by atoms with van der Waals surface area (Å²) in [6.07, 6.45) is 1.41. The molecule has 0 saturated heterocycles.